The molecule has 8 nitrogen and oxygen atoms in total. The van der Waals surface area contributed by atoms with E-state index in [-0.39, 0.29) is 42.7 Å². The van der Waals surface area contributed by atoms with Gasteiger partial charge in [0.05, 0.1) is 15.4 Å². The average molecular weight is 419 g/mol. The molecule has 1 aliphatic rings. The molecule has 1 fully saturated rings. The maximum Gasteiger partial charge on any atom is 0.276 e. The molecule has 1 aliphatic heterocycles. The number of nitrogens with zero attached hydrogens (tertiary/aromatic N) is 3. The zero-order valence-electron chi connectivity index (χ0n) is 15.3. The fraction of sp³-hybridized carbons (Fsp3) is 0.211. The van der Waals surface area contributed by atoms with Crippen LogP contribution in [0.5, 0.6) is 0 Å². The Kier molecular flexibility index (Phi) is 6.04. The summed E-state index contributed by atoms with van der Waals surface area (Å²) in [7, 11) is -3.76. The van der Waals surface area contributed by atoms with Gasteiger partial charge in [-0.15, -0.1) is 0 Å². The highest BCUT2D eigenvalue weighted by Gasteiger charge is 2.29. The Labute approximate surface area is 167 Å². The lowest BCUT2D eigenvalue weighted by atomic mass is 10.1. The summed E-state index contributed by atoms with van der Waals surface area (Å²) in [5, 5.41) is 11.0. The van der Waals surface area contributed by atoms with E-state index in [1.807, 2.05) is 0 Å². The molecule has 0 unspecified atom stereocenters. The second-order valence-corrected chi connectivity index (χ2v) is 8.27. The van der Waals surface area contributed by atoms with Crippen molar-refractivity contribution in [3.05, 3.63) is 76.1 Å². The van der Waals surface area contributed by atoms with Gasteiger partial charge in [-0.2, -0.15) is 4.31 Å². The largest absolute Gasteiger partial charge is 0.337 e. The maximum atomic E-state index is 13.0. The molecule has 0 bridgehead atoms. The lowest BCUT2D eigenvalue weighted by Gasteiger charge is -2.33. The van der Waals surface area contributed by atoms with E-state index in [2.05, 4.69) is 0 Å². The predicted octanol–water partition coefficient (Wildman–Crippen LogP) is 2.28. The molecule has 0 atom stereocenters. The van der Waals surface area contributed by atoms with Crippen molar-refractivity contribution in [2.75, 3.05) is 26.2 Å². The van der Waals surface area contributed by atoms with E-state index in [1.54, 1.807) is 6.07 Å². The molecule has 152 valence electrons. The number of hydrogen-bond donors (Lipinski definition) is 0. The number of para-hydroxylation sites is 1. The Morgan fingerprint density at radius 2 is 1.66 bits per heavy atom. The number of carbonyl (C=O) groups excluding carboxylic acids is 1. The highest BCUT2D eigenvalue weighted by Crippen LogP contribution is 2.20. The standard InChI is InChI=1S/C19H18FN3O5S/c20-16-6-8-17(9-7-16)29(27,28)22-13-11-21(12-14-22)19(24)10-5-15-3-1-2-4-18(15)23(25)26/h1-10H,11-14H2. The quantitative estimate of drug-likeness (QED) is 0.420. The first-order chi connectivity index (χ1) is 13.8. The first-order valence-corrected chi connectivity index (χ1v) is 10.2. The number of rotatable bonds is 5. The number of benzene rings is 2. The topological polar surface area (TPSA) is 101 Å². The minimum atomic E-state index is -3.76. The molecule has 3 rings (SSSR count). The molecule has 0 radical (unpaired) electrons. The molecule has 0 spiro atoms. The van der Waals surface area contributed by atoms with E-state index in [9.17, 15) is 27.7 Å². The number of hydrogen-bond acceptors (Lipinski definition) is 5. The number of nitro benzene ring substituents is 1. The monoisotopic (exact) mass is 419 g/mol. The van der Waals surface area contributed by atoms with Gasteiger partial charge in [0.1, 0.15) is 5.82 Å². The van der Waals surface area contributed by atoms with Crippen LogP contribution in [0.3, 0.4) is 0 Å². The molecule has 0 N–H and O–H groups in total. The Bertz CT molecular complexity index is 1050. The summed E-state index contributed by atoms with van der Waals surface area (Å²) in [5.41, 5.74) is 0.204. The molecule has 1 heterocycles. The Hall–Kier alpha value is -3.11. The van der Waals surface area contributed by atoms with Gasteiger partial charge in [-0.05, 0) is 36.4 Å². The van der Waals surface area contributed by atoms with Crippen molar-refractivity contribution < 1.29 is 22.5 Å². The third-order valence-corrected chi connectivity index (χ3v) is 6.45. The number of halogens is 1. The van der Waals surface area contributed by atoms with Crippen molar-refractivity contribution in [1.82, 2.24) is 9.21 Å². The molecule has 2 aromatic carbocycles. The summed E-state index contributed by atoms with van der Waals surface area (Å²) in [4.78, 5) is 24.3. The third-order valence-electron chi connectivity index (χ3n) is 4.54. The Balaban J connectivity index is 1.64. The van der Waals surface area contributed by atoms with E-state index >= 15 is 0 Å². The van der Waals surface area contributed by atoms with E-state index in [0.717, 1.165) is 12.1 Å². The molecule has 1 amide bonds. The van der Waals surface area contributed by atoms with Crippen molar-refractivity contribution in [2.45, 2.75) is 4.90 Å². The zero-order chi connectivity index (χ0) is 21.0. The lowest BCUT2D eigenvalue weighted by molar-refractivity contribution is -0.385. The van der Waals surface area contributed by atoms with Gasteiger partial charge in [-0.25, -0.2) is 12.8 Å². The smallest absolute Gasteiger partial charge is 0.276 e. The molecule has 0 saturated carbocycles. The highest BCUT2D eigenvalue weighted by molar-refractivity contribution is 7.89. The van der Waals surface area contributed by atoms with Crippen LogP contribution < -0.4 is 0 Å². The molecule has 1 saturated heterocycles. The fourth-order valence-electron chi connectivity index (χ4n) is 2.97. The molecule has 0 aliphatic carbocycles. The first kappa shape index (κ1) is 20.6. The minimum absolute atomic E-state index is 0.00467. The van der Waals surface area contributed by atoms with Crippen LogP contribution in [0.15, 0.2) is 59.5 Å². The molecule has 10 heteroatoms. The van der Waals surface area contributed by atoms with E-state index in [1.165, 1.54) is 51.7 Å². The van der Waals surface area contributed by atoms with Gasteiger partial charge in [0.25, 0.3) is 5.69 Å². The number of sulfonamides is 1. The Morgan fingerprint density at radius 3 is 2.28 bits per heavy atom. The van der Waals surface area contributed by atoms with Gasteiger partial charge in [0.2, 0.25) is 15.9 Å². The summed E-state index contributed by atoms with van der Waals surface area (Å²) in [6.45, 7) is 0.566. The zero-order valence-corrected chi connectivity index (χ0v) is 16.1. The van der Waals surface area contributed by atoms with Gasteiger partial charge >= 0.3 is 0 Å². The van der Waals surface area contributed by atoms with Crippen LogP contribution in [-0.4, -0.2) is 54.6 Å². The predicted molar refractivity (Wildman–Crippen MR) is 104 cm³/mol. The summed E-state index contributed by atoms with van der Waals surface area (Å²) < 4.78 is 39.5. The van der Waals surface area contributed by atoms with Crippen LogP contribution in [0, 0.1) is 15.9 Å². The van der Waals surface area contributed by atoms with Crippen molar-refractivity contribution in [1.29, 1.82) is 0 Å². The maximum absolute atomic E-state index is 13.0. The molecular weight excluding hydrogens is 401 g/mol. The second-order valence-electron chi connectivity index (χ2n) is 6.33. The number of carbonyl (C=O) groups is 1. The van der Waals surface area contributed by atoms with Crippen LogP contribution in [0.2, 0.25) is 0 Å². The fourth-order valence-corrected chi connectivity index (χ4v) is 4.39. The van der Waals surface area contributed by atoms with Gasteiger partial charge < -0.3 is 4.90 Å². The number of amides is 1. The van der Waals surface area contributed by atoms with Crippen molar-refractivity contribution in [3.8, 4) is 0 Å². The van der Waals surface area contributed by atoms with Crippen LogP contribution in [0.25, 0.3) is 6.08 Å². The summed E-state index contributed by atoms with van der Waals surface area (Å²) >= 11 is 0. The summed E-state index contributed by atoms with van der Waals surface area (Å²) in [5.74, 6) is -0.883. The van der Waals surface area contributed by atoms with E-state index in [0.29, 0.717) is 5.56 Å². The van der Waals surface area contributed by atoms with Crippen molar-refractivity contribution in [3.63, 3.8) is 0 Å². The molecule has 2 aromatic rings. The van der Waals surface area contributed by atoms with Crippen LogP contribution >= 0.6 is 0 Å². The van der Waals surface area contributed by atoms with Gasteiger partial charge in [0.15, 0.2) is 0 Å². The van der Waals surface area contributed by atoms with Crippen molar-refractivity contribution >= 4 is 27.7 Å². The molecular formula is C19H18FN3O5S. The van der Waals surface area contributed by atoms with Crippen LogP contribution in [0.1, 0.15) is 5.56 Å². The number of nitro groups is 1. The molecule has 0 aromatic heterocycles. The van der Waals surface area contributed by atoms with E-state index in [4.69, 9.17) is 0 Å². The first-order valence-electron chi connectivity index (χ1n) is 8.75. The average Bonchev–Trinajstić information content (AvgIpc) is 2.72. The van der Waals surface area contributed by atoms with E-state index < -0.39 is 20.8 Å². The van der Waals surface area contributed by atoms with Gasteiger partial charge in [0, 0.05) is 38.3 Å². The normalized spacial score (nSPS) is 15.6. The molecule has 29 heavy (non-hydrogen) atoms. The van der Waals surface area contributed by atoms with Gasteiger partial charge in [-0.1, -0.05) is 12.1 Å². The second kappa shape index (κ2) is 8.50. The van der Waals surface area contributed by atoms with Crippen molar-refractivity contribution in [2.24, 2.45) is 0 Å². The van der Waals surface area contributed by atoms with Gasteiger partial charge in [-0.3, -0.25) is 14.9 Å². The third kappa shape index (κ3) is 4.66. The van der Waals surface area contributed by atoms with Crippen LogP contribution in [-0.2, 0) is 14.8 Å². The number of piperazine rings is 1. The highest BCUT2D eigenvalue weighted by atomic mass is 32.2. The Morgan fingerprint density at radius 1 is 1.03 bits per heavy atom. The lowest BCUT2D eigenvalue weighted by Crippen LogP contribution is -2.50. The summed E-state index contributed by atoms with van der Waals surface area (Å²) in [6.07, 6.45) is 2.62. The minimum Gasteiger partial charge on any atom is -0.337 e. The van der Waals surface area contributed by atoms with Crippen LogP contribution in [0.4, 0.5) is 10.1 Å². The SMILES string of the molecule is O=C(C=Cc1ccccc1[N+](=O)[O-])N1CCN(S(=O)(=O)c2ccc(F)cc2)CC1. The summed E-state index contributed by atoms with van der Waals surface area (Å²) in [6, 6.07) is 10.6.